The highest BCUT2D eigenvalue weighted by molar-refractivity contribution is 7.61. The maximum Gasteiger partial charge on any atom is 0.356 e. The van der Waals surface area contributed by atoms with Crippen LogP contribution in [-0.2, 0) is 9.13 Å². The average molecular weight is 294 g/mol. The van der Waals surface area contributed by atoms with Crippen molar-refractivity contribution in [2.75, 3.05) is 0 Å². The van der Waals surface area contributed by atoms with Gasteiger partial charge in [0.15, 0.2) is 0 Å². The predicted octanol–water partition coefficient (Wildman–Crippen LogP) is 0.526. The Labute approximate surface area is 105 Å². The van der Waals surface area contributed by atoms with Gasteiger partial charge < -0.3 is 19.6 Å². The topological polar surface area (TPSA) is 115 Å². The van der Waals surface area contributed by atoms with Crippen molar-refractivity contribution >= 4 is 25.8 Å². The molecule has 1 rings (SSSR count). The van der Waals surface area contributed by atoms with Gasteiger partial charge in [0.05, 0.1) is 10.6 Å². The minimum atomic E-state index is -4.47. The Balaban J connectivity index is 3.90. The molecule has 6 nitrogen and oxygen atoms in total. The third-order valence-corrected chi connectivity index (χ3v) is 5.64. The molecule has 0 atom stereocenters. The minimum Gasteiger partial charge on any atom is -0.321 e. The van der Waals surface area contributed by atoms with E-state index in [0.717, 1.165) is 0 Å². The third-order valence-electron chi connectivity index (χ3n) is 3.13. The van der Waals surface area contributed by atoms with E-state index in [1.54, 1.807) is 0 Å². The fraction of sp³-hybridized carbons (Fsp3) is 0.400. The summed E-state index contributed by atoms with van der Waals surface area (Å²) in [7, 11) is -8.94. The van der Waals surface area contributed by atoms with E-state index < -0.39 is 15.2 Å². The molecule has 4 N–H and O–H groups in total. The van der Waals surface area contributed by atoms with Gasteiger partial charge in [-0.2, -0.15) is 0 Å². The SMILES string of the molecule is Cc1c(C)c(P(=O)(O)O)c(C)c(C)c1P(=O)(O)O. The van der Waals surface area contributed by atoms with Crippen LogP contribution in [0.2, 0.25) is 0 Å². The Hall–Kier alpha value is -0.480. The molecule has 18 heavy (non-hydrogen) atoms. The van der Waals surface area contributed by atoms with Crippen LogP contribution in [0.1, 0.15) is 22.3 Å². The third kappa shape index (κ3) is 2.59. The van der Waals surface area contributed by atoms with Crippen molar-refractivity contribution in [3.05, 3.63) is 22.3 Å². The van der Waals surface area contributed by atoms with E-state index in [1.807, 2.05) is 0 Å². The maximum absolute atomic E-state index is 11.4. The molecule has 0 aliphatic rings. The number of benzene rings is 1. The molecule has 1 aromatic rings. The number of hydrogen-bond acceptors (Lipinski definition) is 2. The predicted molar refractivity (Wildman–Crippen MR) is 68.7 cm³/mol. The summed E-state index contributed by atoms with van der Waals surface area (Å²) in [6.45, 7) is 5.81. The van der Waals surface area contributed by atoms with E-state index in [0.29, 0.717) is 0 Å². The van der Waals surface area contributed by atoms with Crippen molar-refractivity contribution in [3.8, 4) is 0 Å². The Kier molecular flexibility index (Phi) is 3.95. The molecule has 0 heterocycles. The van der Waals surface area contributed by atoms with Crippen LogP contribution < -0.4 is 10.6 Å². The van der Waals surface area contributed by atoms with Gasteiger partial charge in [-0.25, -0.2) is 0 Å². The molecule has 0 bridgehead atoms. The Morgan fingerprint density at radius 3 is 0.889 bits per heavy atom. The number of hydrogen-bond donors (Lipinski definition) is 4. The summed E-state index contributed by atoms with van der Waals surface area (Å²) in [5, 5.41) is -0.288. The van der Waals surface area contributed by atoms with Gasteiger partial charge >= 0.3 is 15.2 Å². The molecule has 0 aromatic heterocycles. The zero-order valence-corrected chi connectivity index (χ0v) is 12.3. The molecule has 102 valence electrons. The van der Waals surface area contributed by atoms with E-state index in [1.165, 1.54) is 27.7 Å². The molecular weight excluding hydrogens is 278 g/mol. The van der Waals surface area contributed by atoms with Crippen molar-refractivity contribution in [1.82, 2.24) is 0 Å². The van der Waals surface area contributed by atoms with Crippen molar-refractivity contribution in [3.63, 3.8) is 0 Å². The zero-order chi connectivity index (χ0) is 14.5. The van der Waals surface area contributed by atoms with E-state index in [4.69, 9.17) is 0 Å². The molecule has 0 saturated carbocycles. The monoisotopic (exact) mass is 294 g/mol. The molecule has 0 saturated heterocycles. The molecule has 0 aliphatic heterocycles. The summed E-state index contributed by atoms with van der Waals surface area (Å²) >= 11 is 0. The van der Waals surface area contributed by atoms with Crippen molar-refractivity contribution in [2.24, 2.45) is 0 Å². The first-order valence-corrected chi connectivity index (χ1v) is 8.34. The Morgan fingerprint density at radius 2 is 0.778 bits per heavy atom. The highest BCUT2D eigenvalue weighted by Gasteiger charge is 2.31. The summed E-state index contributed by atoms with van der Waals surface area (Å²) in [6.07, 6.45) is 0. The zero-order valence-electron chi connectivity index (χ0n) is 10.5. The lowest BCUT2D eigenvalue weighted by Crippen LogP contribution is -2.25. The van der Waals surface area contributed by atoms with Crippen molar-refractivity contribution < 1.29 is 28.7 Å². The van der Waals surface area contributed by atoms with Gasteiger partial charge in [0, 0.05) is 0 Å². The lowest BCUT2D eigenvalue weighted by atomic mass is 10.0. The normalized spacial score (nSPS) is 12.9. The summed E-state index contributed by atoms with van der Waals surface area (Å²) < 4.78 is 22.9. The summed E-state index contributed by atoms with van der Waals surface area (Å²) in [5.41, 5.74) is 0.907. The van der Waals surface area contributed by atoms with Gasteiger partial charge in [0.2, 0.25) is 0 Å². The quantitative estimate of drug-likeness (QED) is 0.591. The van der Waals surface area contributed by atoms with Gasteiger partial charge in [-0.05, 0) is 49.9 Å². The standard InChI is InChI=1S/C10H16O6P2/c1-5-6(2)10(18(14,15)16)8(4)7(3)9(5)17(11,12)13/h1-4H3,(H2,11,12,13)(H2,14,15,16). The second-order valence-corrected chi connectivity index (χ2v) is 7.36. The first kappa shape index (κ1) is 15.6. The molecule has 1 aromatic carbocycles. The van der Waals surface area contributed by atoms with Crippen LogP contribution in [-0.4, -0.2) is 19.6 Å². The van der Waals surface area contributed by atoms with Crippen LogP contribution in [0.4, 0.5) is 0 Å². The van der Waals surface area contributed by atoms with E-state index >= 15 is 0 Å². The lowest BCUT2D eigenvalue weighted by molar-refractivity contribution is 0.384. The van der Waals surface area contributed by atoms with Crippen molar-refractivity contribution in [2.45, 2.75) is 27.7 Å². The first-order valence-electron chi connectivity index (χ1n) is 5.11. The lowest BCUT2D eigenvalue weighted by Gasteiger charge is -2.21. The summed E-state index contributed by atoms with van der Waals surface area (Å²) in [6, 6.07) is 0. The van der Waals surface area contributed by atoms with Crippen LogP contribution in [0.5, 0.6) is 0 Å². The van der Waals surface area contributed by atoms with Crippen LogP contribution >= 0.6 is 15.2 Å². The van der Waals surface area contributed by atoms with Crippen LogP contribution in [0.15, 0.2) is 0 Å². The molecule has 0 amide bonds. The van der Waals surface area contributed by atoms with Gasteiger partial charge in [-0.3, -0.25) is 9.13 Å². The second-order valence-electron chi connectivity index (χ2n) is 4.29. The van der Waals surface area contributed by atoms with Crippen molar-refractivity contribution in [1.29, 1.82) is 0 Å². The maximum atomic E-state index is 11.4. The second kappa shape index (κ2) is 4.57. The molecule has 8 heteroatoms. The summed E-state index contributed by atoms with van der Waals surface area (Å²) in [5.74, 6) is 0. The molecule has 0 spiro atoms. The largest absolute Gasteiger partial charge is 0.356 e. The van der Waals surface area contributed by atoms with E-state index in [9.17, 15) is 28.7 Å². The highest BCUT2D eigenvalue weighted by atomic mass is 31.2. The highest BCUT2D eigenvalue weighted by Crippen LogP contribution is 2.42. The van der Waals surface area contributed by atoms with Gasteiger partial charge in [0.25, 0.3) is 0 Å². The van der Waals surface area contributed by atoms with Crippen LogP contribution in [0, 0.1) is 27.7 Å². The first-order chi connectivity index (χ1) is 7.89. The smallest absolute Gasteiger partial charge is 0.321 e. The molecular formula is C10H16O6P2. The summed E-state index contributed by atoms with van der Waals surface area (Å²) in [4.78, 5) is 37.2. The number of rotatable bonds is 2. The fourth-order valence-corrected chi connectivity index (χ4v) is 4.57. The van der Waals surface area contributed by atoms with Gasteiger partial charge in [0.1, 0.15) is 0 Å². The molecule has 0 fully saturated rings. The molecule has 0 aliphatic carbocycles. The fourth-order valence-electron chi connectivity index (χ4n) is 2.15. The van der Waals surface area contributed by atoms with Gasteiger partial charge in [-0.1, -0.05) is 0 Å². The Morgan fingerprint density at radius 1 is 0.611 bits per heavy atom. The minimum absolute atomic E-state index is 0.144. The Bertz CT molecular complexity index is 513. The van der Waals surface area contributed by atoms with Crippen LogP contribution in [0.25, 0.3) is 0 Å². The van der Waals surface area contributed by atoms with E-state index in [-0.39, 0.29) is 32.9 Å². The average Bonchev–Trinajstić information content (AvgIpc) is 2.10. The van der Waals surface area contributed by atoms with Gasteiger partial charge in [-0.15, -0.1) is 0 Å². The molecule has 0 radical (unpaired) electrons. The van der Waals surface area contributed by atoms with Crippen LogP contribution in [0.3, 0.4) is 0 Å². The molecule has 0 unspecified atom stereocenters. The van der Waals surface area contributed by atoms with E-state index in [2.05, 4.69) is 0 Å².